The average molecular weight is 265 g/mol. The number of thioether (sulfide) groups is 1. The molecule has 0 bridgehead atoms. The van der Waals surface area contributed by atoms with Gasteiger partial charge in [-0.2, -0.15) is 11.8 Å². The molecule has 0 radical (unpaired) electrons. The Morgan fingerprint density at radius 2 is 2.22 bits per heavy atom. The summed E-state index contributed by atoms with van der Waals surface area (Å²) in [5.41, 5.74) is 7.10. The first-order chi connectivity index (χ1) is 8.48. The number of nitrogens with zero attached hydrogens (tertiary/aromatic N) is 2. The van der Waals surface area contributed by atoms with Gasteiger partial charge in [0.25, 0.3) is 0 Å². The third-order valence-electron chi connectivity index (χ3n) is 3.46. The molecule has 1 aliphatic heterocycles. The fraction of sp³-hybridized carbons (Fsp3) is 0.643. The summed E-state index contributed by atoms with van der Waals surface area (Å²) in [7, 11) is 0. The lowest BCUT2D eigenvalue weighted by molar-refractivity contribution is 0.634. The van der Waals surface area contributed by atoms with Crippen LogP contribution in [0.2, 0.25) is 0 Å². The zero-order valence-electron chi connectivity index (χ0n) is 11.5. The predicted octanol–water partition coefficient (Wildman–Crippen LogP) is 2.82. The fourth-order valence-electron chi connectivity index (χ4n) is 2.14. The second-order valence-electron chi connectivity index (χ2n) is 5.58. The van der Waals surface area contributed by atoms with Gasteiger partial charge in [0.05, 0.1) is 0 Å². The van der Waals surface area contributed by atoms with Crippen LogP contribution in [0.4, 0.5) is 5.82 Å². The van der Waals surface area contributed by atoms with Gasteiger partial charge in [-0.15, -0.1) is 0 Å². The minimum absolute atomic E-state index is 0.0737. The molecule has 1 aromatic heterocycles. The first kappa shape index (κ1) is 13.7. The summed E-state index contributed by atoms with van der Waals surface area (Å²) in [4.78, 5) is 6.88. The summed E-state index contributed by atoms with van der Waals surface area (Å²) < 4.78 is 0.382. The van der Waals surface area contributed by atoms with Gasteiger partial charge in [0, 0.05) is 35.8 Å². The normalized spacial score (nSPS) is 21.4. The highest BCUT2D eigenvalue weighted by Crippen LogP contribution is 2.32. The number of rotatable bonds is 2. The Morgan fingerprint density at radius 3 is 2.94 bits per heavy atom. The summed E-state index contributed by atoms with van der Waals surface area (Å²) in [6.45, 7) is 8.82. The summed E-state index contributed by atoms with van der Waals surface area (Å²) in [5, 5.41) is 0. The van der Waals surface area contributed by atoms with E-state index in [2.05, 4.69) is 41.6 Å². The summed E-state index contributed by atoms with van der Waals surface area (Å²) in [6, 6.07) is 4.21. The van der Waals surface area contributed by atoms with Crippen molar-refractivity contribution in [3.63, 3.8) is 0 Å². The Bertz CT molecular complexity index is 404. The van der Waals surface area contributed by atoms with Crippen LogP contribution in [0.5, 0.6) is 0 Å². The molecule has 1 aliphatic rings. The molecule has 1 saturated heterocycles. The number of aromatic nitrogens is 1. The molecule has 1 atom stereocenters. The maximum absolute atomic E-state index is 5.94. The average Bonchev–Trinajstić information content (AvgIpc) is 2.50. The third kappa shape index (κ3) is 3.39. The van der Waals surface area contributed by atoms with Crippen LogP contribution in [-0.2, 0) is 0 Å². The Kier molecular flexibility index (Phi) is 4.17. The molecule has 0 spiro atoms. The van der Waals surface area contributed by atoms with Crippen LogP contribution >= 0.6 is 11.8 Å². The van der Waals surface area contributed by atoms with Gasteiger partial charge in [-0.05, 0) is 31.0 Å². The van der Waals surface area contributed by atoms with E-state index < -0.39 is 0 Å². The van der Waals surface area contributed by atoms with E-state index in [1.807, 2.05) is 19.2 Å². The van der Waals surface area contributed by atoms with E-state index in [0.29, 0.717) is 4.75 Å². The highest BCUT2D eigenvalue weighted by atomic mass is 32.2. The number of anilines is 1. The fourth-order valence-corrected chi connectivity index (χ4v) is 3.24. The molecule has 0 amide bonds. The molecule has 18 heavy (non-hydrogen) atoms. The van der Waals surface area contributed by atoms with Crippen molar-refractivity contribution < 1.29 is 0 Å². The van der Waals surface area contributed by atoms with E-state index in [4.69, 9.17) is 5.73 Å². The molecule has 3 nitrogen and oxygen atoms in total. The largest absolute Gasteiger partial charge is 0.356 e. The van der Waals surface area contributed by atoms with Crippen molar-refractivity contribution in [3.05, 3.63) is 23.9 Å². The molecule has 2 N–H and O–H groups in total. The lowest BCUT2D eigenvalue weighted by Crippen LogP contribution is -2.28. The zero-order chi connectivity index (χ0) is 13.2. The lowest BCUT2D eigenvalue weighted by Gasteiger charge is -2.24. The van der Waals surface area contributed by atoms with Gasteiger partial charge in [-0.1, -0.05) is 13.8 Å². The minimum atomic E-state index is 0.0737. The van der Waals surface area contributed by atoms with Crippen LogP contribution in [0.3, 0.4) is 0 Å². The van der Waals surface area contributed by atoms with Gasteiger partial charge in [0.1, 0.15) is 5.82 Å². The number of pyridine rings is 1. The highest BCUT2D eigenvalue weighted by Gasteiger charge is 2.24. The first-order valence-corrected chi connectivity index (χ1v) is 7.57. The van der Waals surface area contributed by atoms with Crippen LogP contribution in [0.1, 0.15) is 38.8 Å². The number of hydrogen-bond donors (Lipinski definition) is 1. The van der Waals surface area contributed by atoms with Gasteiger partial charge in [-0.25, -0.2) is 4.98 Å². The van der Waals surface area contributed by atoms with E-state index in [-0.39, 0.29) is 6.04 Å². The molecule has 4 heteroatoms. The van der Waals surface area contributed by atoms with Gasteiger partial charge in [-0.3, -0.25) is 0 Å². The number of nitrogens with two attached hydrogens (primary N) is 1. The molecule has 1 aromatic rings. The second-order valence-corrected chi connectivity index (χ2v) is 7.38. The molecule has 2 heterocycles. The lowest BCUT2D eigenvalue weighted by atomic mass is 10.1. The molecule has 100 valence electrons. The van der Waals surface area contributed by atoms with Crippen molar-refractivity contribution in [2.45, 2.75) is 38.0 Å². The van der Waals surface area contributed by atoms with Crippen molar-refractivity contribution >= 4 is 17.6 Å². The van der Waals surface area contributed by atoms with Crippen LogP contribution < -0.4 is 10.6 Å². The predicted molar refractivity (Wildman–Crippen MR) is 80.2 cm³/mol. The molecule has 2 rings (SSSR count). The zero-order valence-corrected chi connectivity index (χ0v) is 12.3. The second kappa shape index (κ2) is 5.49. The molecular formula is C14H23N3S. The van der Waals surface area contributed by atoms with Crippen LogP contribution in [0, 0.1) is 0 Å². The monoisotopic (exact) mass is 265 g/mol. The minimum Gasteiger partial charge on any atom is -0.356 e. The standard InChI is InChI=1S/C14H23N3S/c1-11(15)12-4-6-16-13(10-12)17-7-5-14(2,3)18-9-8-17/h4,6,10-11H,5,7-9,15H2,1-3H3/t11-/m0/s1. The maximum atomic E-state index is 5.94. The molecular weight excluding hydrogens is 242 g/mol. The van der Waals surface area contributed by atoms with Gasteiger partial charge >= 0.3 is 0 Å². The topological polar surface area (TPSA) is 42.1 Å². The van der Waals surface area contributed by atoms with Crippen molar-refractivity contribution in [1.29, 1.82) is 0 Å². The molecule has 0 aliphatic carbocycles. The van der Waals surface area contributed by atoms with E-state index in [1.54, 1.807) is 0 Å². The van der Waals surface area contributed by atoms with Gasteiger partial charge in [0.2, 0.25) is 0 Å². The van der Waals surface area contributed by atoms with Gasteiger partial charge in [0.15, 0.2) is 0 Å². The Labute approximate surface area is 114 Å². The van der Waals surface area contributed by atoms with Crippen LogP contribution in [0.15, 0.2) is 18.3 Å². The molecule has 0 saturated carbocycles. The summed E-state index contributed by atoms with van der Waals surface area (Å²) >= 11 is 2.06. The Hall–Kier alpha value is -0.740. The smallest absolute Gasteiger partial charge is 0.128 e. The van der Waals surface area contributed by atoms with Crippen molar-refractivity contribution in [1.82, 2.24) is 4.98 Å². The van der Waals surface area contributed by atoms with Gasteiger partial charge < -0.3 is 10.6 Å². The Balaban J connectivity index is 2.13. The van der Waals surface area contributed by atoms with Crippen LogP contribution in [0.25, 0.3) is 0 Å². The van der Waals surface area contributed by atoms with Crippen molar-refractivity contribution in [3.8, 4) is 0 Å². The van der Waals surface area contributed by atoms with Crippen LogP contribution in [-0.4, -0.2) is 28.6 Å². The third-order valence-corrected chi connectivity index (χ3v) is 4.83. The SMILES string of the molecule is C[C@H](N)c1ccnc(N2CCSC(C)(C)CC2)c1. The summed E-state index contributed by atoms with van der Waals surface area (Å²) in [6.07, 6.45) is 3.07. The molecule has 0 aromatic carbocycles. The highest BCUT2D eigenvalue weighted by molar-refractivity contribution is 8.00. The quantitative estimate of drug-likeness (QED) is 0.893. The summed E-state index contributed by atoms with van der Waals surface area (Å²) in [5.74, 6) is 2.24. The van der Waals surface area contributed by atoms with E-state index in [0.717, 1.165) is 30.2 Å². The molecule has 1 fully saturated rings. The van der Waals surface area contributed by atoms with E-state index in [9.17, 15) is 0 Å². The number of hydrogen-bond acceptors (Lipinski definition) is 4. The molecule has 0 unspecified atom stereocenters. The maximum Gasteiger partial charge on any atom is 0.128 e. The van der Waals surface area contributed by atoms with Crippen molar-refractivity contribution in [2.75, 3.05) is 23.7 Å². The van der Waals surface area contributed by atoms with Crippen molar-refractivity contribution in [2.24, 2.45) is 5.73 Å². The van der Waals surface area contributed by atoms with E-state index >= 15 is 0 Å². The first-order valence-electron chi connectivity index (χ1n) is 6.58. The van der Waals surface area contributed by atoms with E-state index in [1.165, 1.54) is 6.42 Å². The Morgan fingerprint density at radius 1 is 1.44 bits per heavy atom.